The Morgan fingerprint density at radius 3 is 2.64 bits per heavy atom. The number of hydrogen-bond acceptors (Lipinski definition) is 5. The largest absolute Gasteiger partial charge is 0.468 e. The normalized spacial score (nSPS) is 12.9. The smallest absolute Gasteiger partial charge is 0.323 e. The fourth-order valence-electron chi connectivity index (χ4n) is 1.13. The summed E-state index contributed by atoms with van der Waals surface area (Å²) in [6.07, 6.45) is 0.931. The topological polar surface area (TPSA) is 64.8 Å². The average Bonchev–Trinajstić information content (AvgIpc) is 2.16. The number of rotatable bonds is 7. The molecule has 5 nitrogen and oxygen atoms in total. The van der Waals surface area contributed by atoms with Gasteiger partial charge in [0.15, 0.2) is 0 Å². The van der Waals surface area contributed by atoms with E-state index in [2.05, 4.69) is 4.74 Å². The first kappa shape index (κ1) is 13.4. The maximum Gasteiger partial charge on any atom is 0.323 e. The van der Waals surface area contributed by atoms with Crippen LogP contribution in [0.5, 0.6) is 0 Å². The standard InChI is InChI=1S/C9H20N2O3/c1-11(5-4-6-13-2)7-8(10)9(12)14-3/h8H,4-7,10H2,1-3H3. The molecule has 0 radical (unpaired) electrons. The molecule has 0 saturated carbocycles. The van der Waals surface area contributed by atoms with Crippen molar-refractivity contribution < 1.29 is 14.3 Å². The molecule has 5 heteroatoms. The summed E-state index contributed by atoms with van der Waals surface area (Å²) in [5.41, 5.74) is 5.59. The number of nitrogens with zero attached hydrogens (tertiary/aromatic N) is 1. The lowest BCUT2D eigenvalue weighted by atomic mass is 10.3. The highest BCUT2D eigenvalue weighted by molar-refractivity contribution is 5.75. The highest BCUT2D eigenvalue weighted by atomic mass is 16.5. The van der Waals surface area contributed by atoms with Crippen LogP contribution in [0.15, 0.2) is 0 Å². The minimum atomic E-state index is -0.562. The predicted molar refractivity (Wildman–Crippen MR) is 54.0 cm³/mol. The van der Waals surface area contributed by atoms with Gasteiger partial charge in [-0.25, -0.2) is 0 Å². The molecule has 0 aromatic carbocycles. The van der Waals surface area contributed by atoms with Gasteiger partial charge in [-0.1, -0.05) is 0 Å². The van der Waals surface area contributed by atoms with Crippen LogP contribution in [0.1, 0.15) is 6.42 Å². The molecule has 0 aliphatic rings. The zero-order valence-corrected chi connectivity index (χ0v) is 9.16. The van der Waals surface area contributed by atoms with Crippen LogP contribution in [0.2, 0.25) is 0 Å². The first-order valence-corrected chi connectivity index (χ1v) is 4.62. The van der Waals surface area contributed by atoms with Gasteiger partial charge in [-0.15, -0.1) is 0 Å². The molecule has 1 atom stereocenters. The van der Waals surface area contributed by atoms with E-state index in [1.165, 1.54) is 7.11 Å². The first-order valence-electron chi connectivity index (χ1n) is 4.62. The third-order valence-corrected chi connectivity index (χ3v) is 1.90. The van der Waals surface area contributed by atoms with Crippen molar-refractivity contribution in [2.75, 3.05) is 41.0 Å². The van der Waals surface area contributed by atoms with Crippen LogP contribution >= 0.6 is 0 Å². The molecule has 0 rings (SSSR count). The monoisotopic (exact) mass is 204 g/mol. The Kier molecular flexibility index (Phi) is 7.37. The molecule has 0 amide bonds. The first-order chi connectivity index (χ1) is 6.61. The van der Waals surface area contributed by atoms with Gasteiger partial charge in [0.25, 0.3) is 0 Å². The van der Waals surface area contributed by atoms with Gasteiger partial charge in [-0.3, -0.25) is 4.79 Å². The average molecular weight is 204 g/mol. The second-order valence-corrected chi connectivity index (χ2v) is 3.24. The number of carbonyl (C=O) groups is 1. The van der Waals surface area contributed by atoms with Crippen LogP contribution in [0, 0.1) is 0 Å². The van der Waals surface area contributed by atoms with Gasteiger partial charge >= 0.3 is 5.97 Å². The van der Waals surface area contributed by atoms with Crippen LogP contribution in [0.4, 0.5) is 0 Å². The summed E-state index contributed by atoms with van der Waals surface area (Å²) < 4.78 is 9.44. The molecule has 14 heavy (non-hydrogen) atoms. The molecule has 0 aromatic rings. The van der Waals surface area contributed by atoms with E-state index in [1.807, 2.05) is 11.9 Å². The van der Waals surface area contributed by atoms with Gasteiger partial charge in [-0.05, 0) is 13.5 Å². The Morgan fingerprint density at radius 1 is 1.50 bits per heavy atom. The van der Waals surface area contributed by atoms with E-state index < -0.39 is 6.04 Å². The second-order valence-electron chi connectivity index (χ2n) is 3.24. The lowest BCUT2D eigenvalue weighted by Gasteiger charge is -2.19. The van der Waals surface area contributed by atoms with Crippen molar-refractivity contribution in [3.8, 4) is 0 Å². The van der Waals surface area contributed by atoms with E-state index in [1.54, 1.807) is 7.11 Å². The molecule has 2 N–H and O–H groups in total. The number of methoxy groups -OCH3 is 2. The van der Waals surface area contributed by atoms with Crippen molar-refractivity contribution >= 4 is 5.97 Å². The Balaban J connectivity index is 3.59. The van der Waals surface area contributed by atoms with E-state index in [0.29, 0.717) is 6.54 Å². The molecule has 0 saturated heterocycles. The maximum atomic E-state index is 11.0. The third-order valence-electron chi connectivity index (χ3n) is 1.90. The van der Waals surface area contributed by atoms with Crippen molar-refractivity contribution in [2.24, 2.45) is 5.73 Å². The van der Waals surface area contributed by atoms with Crippen molar-refractivity contribution in [3.63, 3.8) is 0 Å². The number of hydrogen-bond donors (Lipinski definition) is 1. The zero-order chi connectivity index (χ0) is 11.0. The molecule has 0 heterocycles. The van der Waals surface area contributed by atoms with E-state index in [0.717, 1.165) is 19.6 Å². The highest BCUT2D eigenvalue weighted by Gasteiger charge is 2.15. The molecular weight excluding hydrogens is 184 g/mol. The number of esters is 1. The fraction of sp³-hybridized carbons (Fsp3) is 0.889. The second kappa shape index (κ2) is 7.73. The van der Waals surface area contributed by atoms with Gasteiger partial charge in [0.1, 0.15) is 6.04 Å². The van der Waals surface area contributed by atoms with Gasteiger partial charge in [-0.2, -0.15) is 0 Å². The van der Waals surface area contributed by atoms with Crippen molar-refractivity contribution in [3.05, 3.63) is 0 Å². The molecule has 0 bridgehead atoms. The minimum Gasteiger partial charge on any atom is -0.468 e. The summed E-state index contributed by atoms with van der Waals surface area (Å²) in [6, 6.07) is -0.562. The molecule has 0 spiro atoms. The highest BCUT2D eigenvalue weighted by Crippen LogP contribution is 1.92. The zero-order valence-electron chi connectivity index (χ0n) is 9.16. The molecule has 0 aliphatic carbocycles. The van der Waals surface area contributed by atoms with Crippen LogP contribution in [0.3, 0.4) is 0 Å². The number of likely N-dealkylation sites (N-methyl/N-ethyl adjacent to an activating group) is 1. The lowest BCUT2D eigenvalue weighted by Crippen LogP contribution is -2.42. The number of nitrogens with two attached hydrogens (primary N) is 1. The van der Waals surface area contributed by atoms with E-state index in [-0.39, 0.29) is 5.97 Å². The minimum absolute atomic E-state index is 0.372. The summed E-state index contributed by atoms with van der Waals surface area (Å²) in [5, 5.41) is 0. The van der Waals surface area contributed by atoms with Crippen LogP contribution in [0.25, 0.3) is 0 Å². The van der Waals surface area contributed by atoms with E-state index in [9.17, 15) is 4.79 Å². The Morgan fingerprint density at radius 2 is 2.14 bits per heavy atom. The summed E-state index contributed by atoms with van der Waals surface area (Å²) in [7, 11) is 4.92. The van der Waals surface area contributed by atoms with Crippen LogP contribution in [-0.4, -0.2) is 57.9 Å². The molecule has 0 aromatic heterocycles. The SMILES string of the molecule is COCCCN(C)CC(N)C(=O)OC. The van der Waals surface area contributed by atoms with Gasteiger partial charge in [0.2, 0.25) is 0 Å². The summed E-state index contributed by atoms with van der Waals surface area (Å²) in [5.74, 6) is -0.372. The van der Waals surface area contributed by atoms with Crippen molar-refractivity contribution in [1.82, 2.24) is 4.90 Å². The summed E-state index contributed by atoms with van der Waals surface area (Å²) in [4.78, 5) is 13.0. The molecular formula is C9H20N2O3. The lowest BCUT2D eigenvalue weighted by molar-refractivity contribution is -0.142. The molecule has 84 valence electrons. The number of ether oxygens (including phenoxy) is 2. The molecule has 1 unspecified atom stereocenters. The fourth-order valence-corrected chi connectivity index (χ4v) is 1.13. The Bertz CT molecular complexity index is 164. The maximum absolute atomic E-state index is 11.0. The summed E-state index contributed by atoms with van der Waals surface area (Å²) >= 11 is 0. The molecule has 0 aliphatic heterocycles. The van der Waals surface area contributed by atoms with Gasteiger partial charge < -0.3 is 20.1 Å². The third kappa shape index (κ3) is 5.90. The van der Waals surface area contributed by atoms with Crippen LogP contribution in [-0.2, 0) is 14.3 Å². The van der Waals surface area contributed by atoms with E-state index in [4.69, 9.17) is 10.5 Å². The predicted octanol–water partition coefficient (Wildman–Crippen LogP) is -0.545. The summed E-state index contributed by atoms with van der Waals surface area (Å²) in [6.45, 7) is 2.09. The van der Waals surface area contributed by atoms with E-state index >= 15 is 0 Å². The van der Waals surface area contributed by atoms with Gasteiger partial charge in [0, 0.05) is 26.8 Å². The van der Waals surface area contributed by atoms with Crippen LogP contribution < -0.4 is 5.73 Å². The number of carbonyl (C=O) groups excluding carboxylic acids is 1. The van der Waals surface area contributed by atoms with Crippen molar-refractivity contribution in [2.45, 2.75) is 12.5 Å². The quantitative estimate of drug-likeness (QED) is 0.445. The Labute approximate surface area is 85.1 Å². The Hall–Kier alpha value is -0.650. The molecule has 0 fully saturated rings. The van der Waals surface area contributed by atoms with Gasteiger partial charge in [0.05, 0.1) is 7.11 Å². The van der Waals surface area contributed by atoms with Crippen molar-refractivity contribution in [1.29, 1.82) is 0 Å².